The van der Waals surface area contributed by atoms with E-state index in [4.69, 9.17) is 26.8 Å². The molecule has 0 aliphatic heterocycles. The predicted octanol–water partition coefficient (Wildman–Crippen LogP) is -2.75. The smallest absolute Gasteiger partial charge is 0.327 e. The van der Waals surface area contributed by atoms with Gasteiger partial charge in [-0.25, -0.2) is 4.79 Å². The van der Waals surface area contributed by atoms with Crippen LogP contribution in [-0.4, -0.2) is 87.4 Å². The van der Waals surface area contributed by atoms with Crippen molar-refractivity contribution in [2.75, 3.05) is 12.3 Å². The number of aliphatic carboxylic acids is 3. The molecule has 0 spiro atoms. The average Bonchev–Trinajstić information content (AvgIpc) is 2.73. The number of thiol groups is 1. The maximum Gasteiger partial charge on any atom is 0.327 e. The molecule has 0 bridgehead atoms. The molecule has 4 unspecified atom stereocenters. The van der Waals surface area contributed by atoms with Crippen molar-refractivity contribution in [3.63, 3.8) is 0 Å². The summed E-state index contributed by atoms with van der Waals surface area (Å²) in [6.45, 7) is 0.397. The van der Waals surface area contributed by atoms with E-state index in [0.717, 1.165) is 0 Å². The van der Waals surface area contributed by atoms with Gasteiger partial charge in [-0.3, -0.25) is 24.0 Å². The first-order chi connectivity index (χ1) is 15.4. The van der Waals surface area contributed by atoms with Crippen molar-refractivity contribution in [2.24, 2.45) is 11.5 Å². The summed E-state index contributed by atoms with van der Waals surface area (Å²) >= 11 is 3.80. The van der Waals surface area contributed by atoms with Crippen molar-refractivity contribution in [1.29, 1.82) is 0 Å². The summed E-state index contributed by atoms with van der Waals surface area (Å²) < 4.78 is 0. The number of carbonyl (C=O) groups excluding carboxylic acids is 3. The van der Waals surface area contributed by atoms with Gasteiger partial charge in [0, 0.05) is 12.2 Å². The third-order valence-electron chi connectivity index (χ3n) is 4.39. The SMILES string of the molecule is NCCCCC(N)C(=O)NC(CC(=O)O)C(=O)NC(CCC(=O)O)C(=O)NC(CS)C(=O)O. The molecular weight excluding hydrogens is 462 g/mol. The lowest BCUT2D eigenvalue weighted by Crippen LogP contribution is -2.57. The lowest BCUT2D eigenvalue weighted by molar-refractivity contribution is -0.143. The molecule has 14 nitrogen and oxygen atoms in total. The molecule has 0 saturated heterocycles. The van der Waals surface area contributed by atoms with Crippen LogP contribution in [0.1, 0.15) is 38.5 Å². The number of hydrogen-bond donors (Lipinski definition) is 9. The second-order valence-corrected chi connectivity index (χ2v) is 7.49. The van der Waals surface area contributed by atoms with Crippen LogP contribution in [0.4, 0.5) is 0 Å². The van der Waals surface area contributed by atoms with Gasteiger partial charge in [-0.2, -0.15) is 12.6 Å². The van der Waals surface area contributed by atoms with Gasteiger partial charge in [0.15, 0.2) is 0 Å². The largest absolute Gasteiger partial charge is 0.481 e. The van der Waals surface area contributed by atoms with Gasteiger partial charge >= 0.3 is 17.9 Å². The molecule has 33 heavy (non-hydrogen) atoms. The molecule has 3 amide bonds. The van der Waals surface area contributed by atoms with Crippen LogP contribution < -0.4 is 27.4 Å². The fourth-order valence-electron chi connectivity index (χ4n) is 2.57. The number of nitrogens with two attached hydrogens (primary N) is 2. The highest BCUT2D eigenvalue weighted by molar-refractivity contribution is 7.80. The lowest BCUT2D eigenvalue weighted by Gasteiger charge is -2.24. The van der Waals surface area contributed by atoms with Gasteiger partial charge < -0.3 is 42.7 Å². The third-order valence-corrected chi connectivity index (χ3v) is 4.76. The number of carbonyl (C=O) groups is 6. The van der Waals surface area contributed by atoms with Crippen molar-refractivity contribution in [3.8, 4) is 0 Å². The van der Waals surface area contributed by atoms with E-state index >= 15 is 0 Å². The molecule has 188 valence electrons. The van der Waals surface area contributed by atoms with Crippen LogP contribution in [0.15, 0.2) is 0 Å². The zero-order valence-electron chi connectivity index (χ0n) is 17.9. The number of hydrogen-bond acceptors (Lipinski definition) is 9. The average molecular weight is 494 g/mol. The van der Waals surface area contributed by atoms with E-state index in [1.54, 1.807) is 0 Å². The van der Waals surface area contributed by atoms with E-state index < -0.39 is 79.1 Å². The summed E-state index contributed by atoms with van der Waals surface area (Å²) in [5, 5.41) is 33.5. The molecule has 10 N–H and O–H groups in total. The first-order valence-corrected chi connectivity index (χ1v) is 10.7. The van der Waals surface area contributed by atoms with E-state index in [-0.39, 0.29) is 12.2 Å². The van der Waals surface area contributed by atoms with Crippen LogP contribution >= 0.6 is 12.6 Å². The monoisotopic (exact) mass is 493 g/mol. The number of rotatable bonds is 17. The third kappa shape index (κ3) is 12.6. The Morgan fingerprint density at radius 1 is 0.758 bits per heavy atom. The van der Waals surface area contributed by atoms with Crippen LogP contribution in [0.5, 0.6) is 0 Å². The Morgan fingerprint density at radius 2 is 1.30 bits per heavy atom. The first-order valence-electron chi connectivity index (χ1n) is 10.1. The molecular formula is C18H31N5O9S. The summed E-state index contributed by atoms with van der Waals surface area (Å²) in [4.78, 5) is 70.5. The number of unbranched alkanes of at least 4 members (excludes halogenated alkanes) is 1. The van der Waals surface area contributed by atoms with Gasteiger partial charge in [-0.15, -0.1) is 0 Å². The number of carboxylic acids is 3. The van der Waals surface area contributed by atoms with Crippen LogP contribution in [0.3, 0.4) is 0 Å². The van der Waals surface area contributed by atoms with Gasteiger partial charge in [-0.05, 0) is 25.8 Å². The van der Waals surface area contributed by atoms with E-state index in [1.165, 1.54) is 0 Å². The van der Waals surface area contributed by atoms with Gasteiger partial charge in [0.2, 0.25) is 17.7 Å². The summed E-state index contributed by atoms with van der Waals surface area (Å²) in [7, 11) is 0. The molecule has 0 saturated carbocycles. The Labute approximate surface area is 195 Å². The Hall–Kier alpha value is -2.91. The number of carboxylic acid groups (broad SMARTS) is 3. The van der Waals surface area contributed by atoms with Crippen molar-refractivity contribution >= 4 is 48.3 Å². The molecule has 0 radical (unpaired) electrons. The van der Waals surface area contributed by atoms with E-state index in [0.29, 0.717) is 19.4 Å². The molecule has 0 aromatic carbocycles. The fraction of sp³-hybridized carbons (Fsp3) is 0.667. The Morgan fingerprint density at radius 3 is 1.79 bits per heavy atom. The first kappa shape index (κ1) is 30.1. The molecule has 0 heterocycles. The van der Waals surface area contributed by atoms with Crippen molar-refractivity contribution in [2.45, 2.75) is 62.7 Å². The van der Waals surface area contributed by atoms with Gasteiger partial charge in [0.05, 0.1) is 12.5 Å². The molecule has 0 aromatic rings. The van der Waals surface area contributed by atoms with Crippen molar-refractivity contribution in [1.82, 2.24) is 16.0 Å². The highest BCUT2D eigenvalue weighted by atomic mass is 32.1. The van der Waals surface area contributed by atoms with Crippen molar-refractivity contribution < 1.29 is 44.1 Å². The predicted molar refractivity (Wildman–Crippen MR) is 117 cm³/mol. The highest BCUT2D eigenvalue weighted by Gasteiger charge is 2.31. The van der Waals surface area contributed by atoms with Gasteiger partial charge in [0.1, 0.15) is 18.1 Å². The standard InChI is InChI=1S/C18H31N5O9S/c19-6-2-1-3-9(20)15(28)22-11(7-14(26)27)17(30)21-10(4-5-13(24)25)16(29)23-12(8-33)18(31)32/h9-12,33H,1-8,19-20H2,(H,21,30)(H,22,28)(H,23,29)(H,24,25)(H,26,27)(H,31,32). The highest BCUT2D eigenvalue weighted by Crippen LogP contribution is 2.04. The minimum Gasteiger partial charge on any atom is -0.481 e. The van der Waals surface area contributed by atoms with Crippen LogP contribution in [0.25, 0.3) is 0 Å². The molecule has 0 aromatic heterocycles. The van der Waals surface area contributed by atoms with Gasteiger partial charge in [0.25, 0.3) is 0 Å². The Bertz CT molecular complexity index is 721. The van der Waals surface area contributed by atoms with E-state index in [1.807, 2.05) is 0 Å². The second kappa shape index (κ2) is 15.8. The Balaban J connectivity index is 5.41. The number of nitrogens with one attached hydrogen (secondary N) is 3. The zero-order valence-corrected chi connectivity index (χ0v) is 18.8. The van der Waals surface area contributed by atoms with E-state index in [9.17, 15) is 28.8 Å². The normalized spacial score (nSPS) is 14.3. The Kier molecular flexibility index (Phi) is 14.4. The van der Waals surface area contributed by atoms with E-state index in [2.05, 4.69) is 28.6 Å². The molecule has 15 heteroatoms. The number of amides is 3. The summed E-state index contributed by atoms with van der Waals surface area (Å²) in [6.07, 6.45) is -0.418. The summed E-state index contributed by atoms with van der Waals surface area (Å²) in [5.41, 5.74) is 11.1. The summed E-state index contributed by atoms with van der Waals surface area (Å²) in [6, 6.07) is -5.57. The molecule has 0 aliphatic carbocycles. The molecule has 0 rings (SSSR count). The minimum atomic E-state index is -1.61. The minimum absolute atomic E-state index is 0.244. The van der Waals surface area contributed by atoms with Crippen molar-refractivity contribution in [3.05, 3.63) is 0 Å². The molecule has 0 aliphatic rings. The maximum absolute atomic E-state index is 12.6. The molecule has 4 atom stereocenters. The van der Waals surface area contributed by atoms with Crippen LogP contribution in [-0.2, 0) is 28.8 Å². The quantitative estimate of drug-likeness (QED) is 0.0741. The zero-order chi connectivity index (χ0) is 25.6. The van der Waals surface area contributed by atoms with Crippen LogP contribution in [0, 0.1) is 0 Å². The summed E-state index contributed by atoms with van der Waals surface area (Å²) in [5.74, 6) is -7.28. The van der Waals surface area contributed by atoms with Gasteiger partial charge in [-0.1, -0.05) is 6.42 Å². The topological polar surface area (TPSA) is 251 Å². The van der Waals surface area contributed by atoms with Crippen LogP contribution in [0.2, 0.25) is 0 Å². The fourth-order valence-corrected chi connectivity index (χ4v) is 2.82. The maximum atomic E-state index is 12.6. The lowest BCUT2D eigenvalue weighted by atomic mass is 10.1. The molecule has 0 fully saturated rings. The second-order valence-electron chi connectivity index (χ2n) is 7.13.